The SMILES string of the molecule is CC.CC(C)C1(C)C=CC2=C(C=C1)C(=O)N(C1CCC(=O)NC1=O)C2. The van der Waals surface area contributed by atoms with Gasteiger partial charge in [-0.05, 0) is 17.9 Å². The Bertz CT molecular complexity index is 672. The van der Waals surface area contributed by atoms with Crippen LogP contribution in [0.5, 0.6) is 0 Å². The van der Waals surface area contributed by atoms with Crippen LogP contribution in [-0.2, 0) is 14.4 Å². The summed E-state index contributed by atoms with van der Waals surface area (Å²) < 4.78 is 0. The maximum atomic E-state index is 12.7. The topological polar surface area (TPSA) is 66.5 Å². The highest BCUT2D eigenvalue weighted by Crippen LogP contribution is 2.36. The highest BCUT2D eigenvalue weighted by molar-refractivity contribution is 6.06. The van der Waals surface area contributed by atoms with Crippen LogP contribution >= 0.6 is 0 Å². The van der Waals surface area contributed by atoms with Crippen LogP contribution < -0.4 is 5.32 Å². The first-order valence-corrected chi connectivity index (χ1v) is 9.08. The third-order valence-corrected chi connectivity index (χ3v) is 5.26. The number of nitrogens with zero attached hydrogens (tertiary/aromatic N) is 1. The van der Waals surface area contributed by atoms with E-state index in [4.69, 9.17) is 0 Å². The fourth-order valence-corrected chi connectivity index (χ4v) is 3.17. The van der Waals surface area contributed by atoms with Crippen LogP contribution in [0.15, 0.2) is 35.5 Å². The summed E-state index contributed by atoms with van der Waals surface area (Å²) in [6.45, 7) is 10.9. The van der Waals surface area contributed by atoms with E-state index in [1.54, 1.807) is 4.90 Å². The lowest BCUT2D eigenvalue weighted by Crippen LogP contribution is -2.53. The maximum Gasteiger partial charge on any atom is 0.255 e. The van der Waals surface area contributed by atoms with Crippen LogP contribution in [0.2, 0.25) is 0 Å². The number of nitrogens with one attached hydrogen (secondary N) is 1. The molecule has 2 unspecified atom stereocenters. The minimum absolute atomic E-state index is 0.0793. The van der Waals surface area contributed by atoms with Gasteiger partial charge in [-0.15, -0.1) is 0 Å². The van der Waals surface area contributed by atoms with Crippen molar-refractivity contribution in [2.45, 2.75) is 53.5 Å². The summed E-state index contributed by atoms with van der Waals surface area (Å²) in [7, 11) is 0. The van der Waals surface area contributed by atoms with Crippen molar-refractivity contribution in [2.75, 3.05) is 6.54 Å². The average molecular weight is 344 g/mol. The summed E-state index contributed by atoms with van der Waals surface area (Å²) in [6, 6.07) is -0.551. The third-order valence-electron chi connectivity index (χ3n) is 5.26. The predicted molar refractivity (Wildman–Crippen MR) is 97.5 cm³/mol. The van der Waals surface area contributed by atoms with E-state index in [2.05, 4.69) is 38.2 Å². The van der Waals surface area contributed by atoms with E-state index in [1.807, 2.05) is 26.0 Å². The molecule has 25 heavy (non-hydrogen) atoms. The highest BCUT2D eigenvalue weighted by Gasteiger charge is 2.40. The van der Waals surface area contributed by atoms with Crippen LogP contribution in [0.25, 0.3) is 0 Å². The molecule has 0 bridgehead atoms. The Morgan fingerprint density at radius 3 is 2.40 bits per heavy atom. The van der Waals surface area contributed by atoms with Gasteiger partial charge in [-0.25, -0.2) is 0 Å². The average Bonchev–Trinajstić information content (AvgIpc) is 2.77. The lowest BCUT2D eigenvalue weighted by molar-refractivity contribution is -0.142. The summed E-state index contributed by atoms with van der Waals surface area (Å²) in [5, 5.41) is 2.32. The van der Waals surface area contributed by atoms with Crippen molar-refractivity contribution < 1.29 is 14.4 Å². The van der Waals surface area contributed by atoms with Crippen molar-refractivity contribution in [3.05, 3.63) is 35.5 Å². The normalized spacial score (nSPS) is 28.6. The lowest BCUT2D eigenvalue weighted by atomic mass is 9.78. The Labute approximate surface area is 149 Å². The minimum Gasteiger partial charge on any atom is -0.322 e. The fraction of sp³-hybridized carbons (Fsp3) is 0.550. The maximum absolute atomic E-state index is 12.7. The molecule has 0 aromatic heterocycles. The number of allylic oxidation sites excluding steroid dienone is 2. The van der Waals surface area contributed by atoms with Gasteiger partial charge < -0.3 is 4.90 Å². The molecule has 1 aliphatic carbocycles. The van der Waals surface area contributed by atoms with Gasteiger partial charge in [-0.1, -0.05) is 58.9 Å². The molecule has 1 saturated heterocycles. The molecule has 0 radical (unpaired) electrons. The van der Waals surface area contributed by atoms with E-state index in [9.17, 15) is 14.4 Å². The first kappa shape index (κ1) is 19.2. The van der Waals surface area contributed by atoms with Gasteiger partial charge in [-0.3, -0.25) is 19.7 Å². The molecule has 1 fully saturated rings. The Balaban J connectivity index is 0.00000109. The second kappa shape index (κ2) is 7.38. The molecule has 0 spiro atoms. The molecule has 1 N–H and O–H groups in total. The number of rotatable bonds is 2. The monoisotopic (exact) mass is 344 g/mol. The van der Waals surface area contributed by atoms with Crippen molar-refractivity contribution in [3.8, 4) is 0 Å². The molecule has 0 aromatic carbocycles. The number of hydrogen-bond acceptors (Lipinski definition) is 3. The largest absolute Gasteiger partial charge is 0.322 e. The molecule has 136 valence electrons. The fourth-order valence-electron chi connectivity index (χ4n) is 3.17. The molecular weight excluding hydrogens is 316 g/mol. The van der Waals surface area contributed by atoms with Crippen LogP contribution in [-0.4, -0.2) is 35.2 Å². The minimum atomic E-state index is -0.551. The molecular formula is C20H28N2O3. The van der Waals surface area contributed by atoms with Crippen LogP contribution in [0.1, 0.15) is 47.5 Å². The van der Waals surface area contributed by atoms with Gasteiger partial charge in [0.15, 0.2) is 0 Å². The van der Waals surface area contributed by atoms with Gasteiger partial charge >= 0.3 is 0 Å². The summed E-state index contributed by atoms with van der Waals surface area (Å²) in [5.74, 6) is -0.327. The lowest BCUT2D eigenvalue weighted by Gasteiger charge is -2.30. The van der Waals surface area contributed by atoms with Gasteiger partial charge in [0.1, 0.15) is 6.04 Å². The van der Waals surface area contributed by atoms with Gasteiger partial charge in [0.05, 0.1) is 0 Å². The second-order valence-corrected chi connectivity index (χ2v) is 7.03. The molecule has 2 atom stereocenters. The molecule has 2 aliphatic heterocycles. The molecule has 0 aromatic rings. The molecule has 3 rings (SSSR count). The standard InChI is InChI=1S/C18H22N2O3.C2H6/c1-11(2)18(3)8-6-12-10-20(17(23)13(12)7-9-18)14-4-5-15(21)19-16(14)22;1-2/h6-9,11,14H,4-5,10H2,1-3H3,(H,19,21,22);1-2H3. The smallest absolute Gasteiger partial charge is 0.255 e. The zero-order valence-corrected chi connectivity index (χ0v) is 15.8. The van der Waals surface area contributed by atoms with E-state index < -0.39 is 6.04 Å². The summed E-state index contributed by atoms with van der Waals surface area (Å²) in [6.07, 6.45) is 8.79. The molecule has 3 aliphatic rings. The van der Waals surface area contributed by atoms with Crippen molar-refractivity contribution in [1.82, 2.24) is 10.2 Å². The summed E-state index contributed by atoms with van der Waals surface area (Å²) >= 11 is 0. The van der Waals surface area contributed by atoms with Crippen LogP contribution in [0.3, 0.4) is 0 Å². The van der Waals surface area contributed by atoms with Gasteiger partial charge in [0.2, 0.25) is 11.8 Å². The van der Waals surface area contributed by atoms with E-state index in [-0.39, 0.29) is 29.6 Å². The van der Waals surface area contributed by atoms with Crippen molar-refractivity contribution in [1.29, 1.82) is 0 Å². The number of imide groups is 1. The highest BCUT2D eigenvalue weighted by atomic mass is 16.2. The second-order valence-electron chi connectivity index (χ2n) is 7.03. The summed E-state index contributed by atoms with van der Waals surface area (Å²) in [4.78, 5) is 37.6. The van der Waals surface area contributed by atoms with E-state index >= 15 is 0 Å². The van der Waals surface area contributed by atoms with Gasteiger partial charge in [0.25, 0.3) is 5.91 Å². The van der Waals surface area contributed by atoms with Crippen LogP contribution in [0.4, 0.5) is 0 Å². The molecule has 0 saturated carbocycles. The first-order chi connectivity index (χ1) is 11.8. The molecule has 3 amide bonds. The van der Waals surface area contributed by atoms with Crippen molar-refractivity contribution in [2.24, 2.45) is 11.3 Å². The Morgan fingerprint density at radius 1 is 1.16 bits per heavy atom. The first-order valence-electron chi connectivity index (χ1n) is 9.08. The zero-order valence-electron chi connectivity index (χ0n) is 15.8. The predicted octanol–water partition coefficient (Wildman–Crippen LogP) is 2.74. The van der Waals surface area contributed by atoms with Gasteiger partial charge in [-0.2, -0.15) is 0 Å². The van der Waals surface area contributed by atoms with E-state index in [0.29, 0.717) is 24.5 Å². The molecule has 2 heterocycles. The molecule has 5 nitrogen and oxygen atoms in total. The number of carbonyl (C=O) groups is 3. The quantitative estimate of drug-likeness (QED) is 0.783. The zero-order chi connectivity index (χ0) is 18.8. The Kier molecular flexibility index (Phi) is 5.65. The molecule has 5 heteroatoms. The third kappa shape index (κ3) is 3.60. The number of hydrogen-bond donors (Lipinski definition) is 1. The van der Waals surface area contributed by atoms with E-state index in [0.717, 1.165) is 5.57 Å². The van der Waals surface area contributed by atoms with Crippen molar-refractivity contribution in [3.63, 3.8) is 0 Å². The Hall–Kier alpha value is -2.17. The van der Waals surface area contributed by atoms with Gasteiger partial charge in [0, 0.05) is 24.0 Å². The number of piperidine rings is 1. The summed E-state index contributed by atoms with van der Waals surface area (Å²) in [5.41, 5.74) is 1.53. The Morgan fingerprint density at radius 2 is 1.80 bits per heavy atom. The number of amides is 3. The van der Waals surface area contributed by atoms with Crippen molar-refractivity contribution >= 4 is 17.7 Å². The van der Waals surface area contributed by atoms with E-state index in [1.165, 1.54) is 0 Å². The number of carbonyl (C=O) groups excluding carboxylic acids is 3. The van der Waals surface area contributed by atoms with Crippen LogP contribution in [0, 0.1) is 11.3 Å².